The predicted octanol–water partition coefficient (Wildman–Crippen LogP) is 6.04. The minimum atomic E-state index is -0.513. The van der Waals surface area contributed by atoms with Crippen molar-refractivity contribution in [1.82, 2.24) is 10.2 Å². The molecule has 12 nitrogen and oxygen atoms in total. The van der Waals surface area contributed by atoms with Gasteiger partial charge in [-0.1, -0.05) is 0 Å². The van der Waals surface area contributed by atoms with Crippen molar-refractivity contribution in [2.75, 3.05) is 63.3 Å². The predicted molar refractivity (Wildman–Crippen MR) is 193 cm³/mol. The second-order valence-electron chi connectivity index (χ2n) is 13.5. The molecule has 2 aromatic heterocycles. The van der Waals surface area contributed by atoms with Gasteiger partial charge in [0, 0.05) is 49.8 Å². The van der Waals surface area contributed by atoms with Gasteiger partial charge in [-0.25, -0.2) is 14.4 Å². The van der Waals surface area contributed by atoms with Crippen LogP contribution in [0.2, 0.25) is 0 Å². The summed E-state index contributed by atoms with van der Waals surface area (Å²) < 4.78 is 15.1. The van der Waals surface area contributed by atoms with Gasteiger partial charge in [-0.2, -0.15) is 0 Å². The van der Waals surface area contributed by atoms with E-state index in [9.17, 15) is 24.0 Å². The first-order chi connectivity index (χ1) is 23.0. The molecule has 2 aliphatic rings. The first kappa shape index (κ1) is 39.9. The third-order valence-electron chi connectivity index (χ3n) is 8.36. The number of thiophene rings is 2. The number of piperidine rings is 2. The van der Waals surface area contributed by atoms with Gasteiger partial charge in [-0.3, -0.25) is 9.59 Å². The zero-order chi connectivity index (χ0) is 36.5. The molecule has 0 bridgehead atoms. The summed E-state index contributed by atoms with van der Waals surface area (Å²) in [6, 6.07) is 3.76. The lowest BCUT2D eigenvalue weighted by Crippen LogP contribution is -2.44. The summed E-state index contributed by atoms with van der Waals surface area (Å²) >= 11 is 2.70. The minimum absolute atomic E-state index is 0.0310. The monoisotopic (exact) mass is 720 g/mol. The molecular formula is C35H52N4O8S2. The van der Waals surface area contributed by atoms with Gasteiger partial charge in [0.2, 0.25) is 11.8 Å². The Morgan fingerprint density at radius 2 is 1.18 bits per heavy atom. The van der Waals surface area contributed by atoms with Crippen molar-refractivity contribution in [3.63, 3.8) is 0 Å². The van der Waals surface area contributed by atoms with E-state index >= 15 is 0 Å². The average molecular weight is 721 g/mol. The molecule has 0 aliphatic carbocycles. The maximum Gasteiger partial charge on any atom is 0.410 e. The van der Waals surface area contributed by atoms with E-state index in [4.69, 9.17) is 14.2 Å². The molecule has 272 valence electrons. The molecule has 1 N–H and O–H groups in total. The quantitative estimate of drug-likeness (QED) is 0.256. The maximum absolute atomic E-state index is 12.3. The Kier molecular flexibility index (Phi) is 14.6. The Labute approximate surface area is 298 Å². The van der Waals surface area contributed by atoms with Crippen LogP contribution in [-0.4, -0.2) is 93.8 Å². The van der Waals surface area contributed by atoms with Crippen molar-refractivity contribution >= 4 is 63.9 Å². The Hall–Kier alpha value is -3.49. The van der Waals surface area contributed by atoms with Crippen LogP contribution >= 0.6 is 22.7 Å². The van der Waals surface area contributed by atoms with Crippen LogP contribution in [0.3, 0.4) is 0 Å². The zero-order valence-corrected chi connectivity index (χ0v) is 31.9. The van der Waals surface area contributed by atoms with E-state index in [1.807, 2.05) is 46.8 Å². The highest BCUT2D eigenvalue weighted by atomic mass is 32.1. The van der Waals surface area contributed by atoms with Crippen molar-refractivity contribution in [2.24, 2.45) is 11.8 Å². The number of carbonyl (C=O) groups is 5. The van der Waals surface area contributed by atoms with Gasteiger partial charge in [0.05, 0.1) is 25.6 Å². The summed E-state index contributed by atoms with van der Waals surface area (Å²) in [4.78, 5) is 68.6. The zero-order valence-electron chi connectivity index (χ0n) is 30.3. The molecule has 0 unspecified atom stereocenters. The van der Waals surface area contributed by atoms with E-state index < -0.39 is 11.6 Å². The van der Waals surface area contributed by atoms with Crippen LogP contribution in [0.5, 0.6) is 0 Å². The lowest BCUT2D eigenvalue weighted by atomic mass is 9.96. The first-order valence-electron chi connectivity index (χ1n) is 16.7. The molecule has 2 aromatic rings. The Morgan fingerprint density at radius 3 is 1.55 bits per heavy atom. The maximum atomic E-state index is 12.3. The number of likely N-dealkylation sites (tertiary alicyclic amines) is 1. The van der Waals surface area contributed by atoms with E-state index in [0.717, 1.165) is 48.5 Å². The summed E-state index contributed by atoms with van der Waals surface area (Å²) in [6.45, 7) is 16.8. The fourth-order valence-corrected chi connectivity index (χ4v) is 7.74. The molecule has 2 saturated heterocycles. The fourth-order valence-electron chi connectivity index (χ4n) is 5.88. The number of nitrogens with one attached hydrogen (secondary N) is 1. The highest BCUT2D eigenvalue weighted by Gasteiger charge is 2.31. The van der Waals surface area contributed by atoms with Crippen LogP contribution in [-0.2, 0) is 23.8 Å². The average Bonchev–Trinajstić information content (AvgIpc) is 3.63. The number of ether oxygens (including phenoxy) is 3. The van der Waals surface area contributed by atoms with E-state index in [0.29, 0.717) is 53.2 Å². The lowest BCUT2D eigenvalue weighted by Gasteiger charge is -2.35. The topological polar surface area (TPSA) is 135 Å². The number of esters is 2. The van der Waals surface area contributed by atoms with Crippen LogP contribution in [0.4, 0.5) is 16.2 Å². The number of anilines is 2. The number of amides is 3. The highest BCUT2D eigenvalue weighted by molar-refractivity contribution is 7.14. The van der Waals surface area contributed by atoms with Crippen LogP contribution in [0, 0.1) is 25.7 Å². The van der Waals surface area contributed by atoms with Crippen LogP contribution < -0.4 is 15.1 Å². The van der Waals surface area contributed by atoms with Crippen molar-refractivity contribution in [1.29, 1.82) is 0 Å². The number of nitrogens with zero attached hydrogens (tertiary/aromatic N) is 3. The smallest absolute Gasteiger partial charge is 0.410 e. The molecule has 2 fully saturated rings. The number of carbonyl (C=O) groups excluding carboxylic acids is 5. The molecule has 3 amide bonds. The normalized spacial score (nSPS) is 15.5. The summed E-state index contributed by atoms with van der Waals surface area (Å²) in [5.41, 5.74) is 0.785. The van der Waals surface area contributed by atoms with E-state index in [1.54, 1.807) is 21.6 Å². The molecule has 49 heavy (non-hydrogen) atoms. The van der Waals surface area contributed by atoms with Crippen LogP contribution in [0.15, 0.2) is 12.1 Å². The third-order valence-corrected chi connectivity index (χ3v) is 10.4. The van der Waals surface area contributed by atoms with Gasteiger partial charge in [0.25, 0.3) is 0 Å². The fraction of sp³-hybridized carbons (Fsp3) is 0.629. The van der Waals surface area contributed by atoms with Gasteiger partial charge in [-0.15, -0.1) is 22.7 Å². The Balaban J connectivity index is 0.000000276. The second kappa shape index (κ2) is 18.0. The molecule has 4 rings (SSSR count). The van der Waals surface area contributed by atoms with E-state index in [1.165, 1.54) is 43.8 Å². The van der Waals surface area contributed by atoms with Crippen molar-refractivity contribution in [2.45, 2.75) is 79.8 Å². The summed E-state index contributed by atoms with van der Waals surface area (Å²) in [6.07, 6.45) is 3.37. The molecular weight excluding hydrogens is 669 g/mol. The lowest BCUT2D eigenvalue weighted by molar-refractivity contribution is -0.117. The van der Waals surface area contributed by atoms with Gasteiger partial charge in [0.1, 0.15) is 15.4 Å². The molecule has 0 spiro atoms. The molecule has 14 heteroatoms. The molecule has 0 radical (unpaired) electrons. The van der Waals surface area contributed by atoms with Crippen molar-refractivity contribution in [3.8, 4) is 0 Å². The largest absolute Gasteiger partial charge is 0.465 e. The summed E-state index contributed by atoms with van der Waals surface area (Å²) in [5.74, 6) is -0.234. The standard InChI is InChI=1S/C20H30N2O5S.C15H22N2O3S/c1-13-11-16(17(28-13)18(24)26-6)22(14(2)23)12-15-7-9-21(10-8-15)19(25)27-20(3,4)5;1-10-8-13(14(21-10)15(19)20-3)17(11(2)18)9-12-4-6-16-7-5-12/h11,15H,7-10,12H2,1-6H3;8,12,16H,4-7,9H2,1-3H3. The number of hydrogen-bond acceptors (Lipinski definition) is 11. The minimum Gasteiger partial charge on any atom is -0.465 e. The molecule has 4 heterocycles. The number of rotatable bonds is 8. The summed E-state index contributed by atoms with van der Waals surface area (Å²) in [5, 5.41) is 3.32. The molecule has 0 atom stereocenters. The van der Waals surface area contributed by atoms with E-state index in [2.05, 4.69) is 5.32 Å². The highest BCUT2D eigenvalue weighted by Crippen LogP contribution is 2.34. The first-order valence-corrected chi connectivity index (χ1v) is 18.3. The molecule has 0 saturated carbocycles. The van der Waals surface area contributed by atoms with Gasteiger partial charge in [0.15, 0.2) is 0 Å². The van der Waals surface area contributed by atoms with Crippen molar-refractivity contribution in [3.05, 3.63) is 31.6 Å². The van der Waals surface area contributed by atoms with Crippen LogP contribution in [0.25, 0.3) is 0 Å². The van der Waals surface area contributed by atoms with Crippen molar-refractivity contribution < 1.29 is 38.2 Å². The summed E-state index contributed by atoms with van der Waals surface area (Å²) in [7, 11) is 2.71. The van der Waals surface area contributed by atoms with Gasteiger partial charge < -0.3 is 34.2 Å². The Bertz CT molecular complexity index is 1470. The van der Waals surface area contributed by atoms with Gasteiger partial charge >= 0.3 is 18.0 Å². The molecule has 0 aromatic carbocycles. The van der Waals surface area contributed by atoms with Gasteiger partial charge in [-0.05, 0) is 97.4 Å². The molecule has 2 aliphatic heterocycles. The van der Waals surface area contributed by atoms with Crippen LogP contribution in [0.1, 0.15) is 89.4 Å². The Morgan fingerprint density at radius 1 is 0.776 bits per heavy atom. The third kappa shape index (κ3) is 11.5. The number of methoxy groups -OCH3 is 2. The SMILES string of the molecule is COC(=O)c1sc(C)cc1N(CC1CCN(C(=O)OC(C)(C)C)CC1)C(C)=O.COC(=O)c1sc(C)cc1N(CC1CCNCC1)C(C)=O. The number of aryl methyl sites for hydroxylation is 2. The number of hydrogen-bond donors (Lipinski definition) is 1. The van der Waals surface area contributed by atoms with E-state index in [-0.39, 0.29) is 29.8 Å². The second-order valence-corrected chi connectivity index (χ2v) is 16.0.